The average molecular weight is 365 g/mol. The minimum absolute atomic E-state index is 0.0970. The summed E-state index contributed by atoms with van der Waals surface area (Å²) in [5.41, 5.74) is 3.73. The zero-order chi connectivity index (χ0) is 19.0. The zero-order valence-electron chi connectivity index (χ0n) is 15.3. The van der Waals surface area contributed by atoms with Gasteiger partial charge in [0.2, 0.25) is 0 Å². The minimum atomic E-state index is -0.285. The molecule has 0 N–H and O–H groups in total. The van der Waals surface area contributed by atoms with Crippen LogP contribution in [0, 0.1) is 19.7 Å². The van der Waals surface area contributed by atoms with Crippen LogP contribution in [0.5, 0.6) is 0 Å². The maximum Gasteiger partial charge on any atom is 0.289 e. The van der Waals surface area contributed by atoms with Crippen molar-refractivity contribution in [3.63, 3.8) is 0 Å². The molecule has 0 radical (unpaired) electrons. The number of aromatic nitrogens is 2. The lowest BCUT2D eigenvalue weighted by atomic mass is 10.1. The molecule has 5 nitrogen and oxygen atoms in total. The molecule has 3 aromatic rings. The van der Waals surface area contributed by atoms with Gasteiger partial charge in [0.25, 0.3) is 5.91 Å². The number of carbonyl (C=O) groups excluding carboxylic acids is 1. The van der Waals surface area contributed by atoms with Gasteiger partial charge in [-0.1, -0.05) is 0 Å². The number of nitrogens with zero attached hydrogens (tertiary/aromatic N) is 3. The molecular weight excluding hydrogens is 345 g/mol. The van der Waals surface area contributed by atoms with Crippen LogP contribution in [0.3, 0.4) is 0 Å². The van der Waals surface area contributed by atoms with Crippen LogP contribution < -0.4 is 0 Å². The van der Waals surface area contributed by atoms with Crippen LogP contribution in [0.15, 0.2) is 40.8 Å². The van der Waals surface area contributed by atoms with E-state index in [2.05, 4.69) is 4.98 Å². The molecule has 0 unspecified atom stereocenters. The van der Waals surface area contributed by atoms with Crippen molar-refractivity contribution in [2.75, 3.05) is 13.1 Å². The largest absolute Gasteiger partial charge is 0.456 e. The van der Waals surface area contributed by atoms with Gasteiger partial charge in [-0.05, 0) is 62.2 Å². The molecule has 6 heteroatoms. The Hall–Kier alpha value is -3.02. The summed E-state index contributed by atoms with van der Waals surface area (Å²) in [5, 5.41) is 0. The van der Waals surface area contributed by atoms with E-state index in [0.29, 0.717) is 37.5 Å². The molecule has 0 atom stereocenters. The first-order valence-electron chi connectivity index (χ1n) is 8.99. The van der Waals surface area contributed by atoms with Crippen molar-refractivity contribution >= 4 is 5.91 Å². The third kappa shape index (κ3) is 3.47. The van der Waals surface area contributed by atoms with E-state index >= 15 is 0 Å². The van der Waals surface area contributed by atoms with Gasteiger partial charge in [-0.15, -0.1) is 0 Å². The smallest absolute Gasteiger partial charge is 0.289 e. The molecule has 0 fully saturated rings. The summed E-state index contributed by atoms with van der Waals surface area (Å²) in [7, 11) is 0. The summed E-state index contributed by atoms with van der Waals surface area (Å²) in [6.07, 6.45) is 1.36. The molecule has 27 heavy (non-hydrogen) atoms. The highest BCUT2D eigenvalue weighted by Gasteiger charge is 2.24. The Kier molecular flexibility index (Phi) is 4.48. The van der Waals surface area contributed by atoms with Crippen LogP contribution in [-0.4, -0.2) is 33.9 Å². The van der Waals surface area contributed by atoms with Gasteiger partial charge in [-0.25, -0.2) is 14.4 Å². The van der Waals surface area contributed by atoms with E-state index < -0.39 is 0 Å². The topological polar surface area (TPSA) is 59.2 Å². The van der Waals surface area contributed by atoms with Gasteiger partial charge in [-0.3, -0.25) is 4.79 Å². The van der Waals surface area contributed by atoms with Crippen LogP contribution in [0.4, 0.5) is 4.39 Å². The van der Waals surface area contributed by atoms with Crippen molar-refractivity contribution in [3.05, 3.63) is 70.7 Å². The molecule has 1 aliphatic rings. The third-order valence-electron chi connectivity index (χ3n) is 4.89. The predicted molar refractivity (Wildman–Crippen MR) is 98.9 cm³/mol. The fourth-order valence-electron chi connectivity index (χ4n) is 3.42. The average Bonchev–Trinajstić information content (AvgIpc) is 2.97. The van der Waals surface area contributed by atoms with Crippen molar-refractivity contribution < 1.29 is 13.6 Å². The highest BCUT2D eigenvalue weighted by Crippen LogP contribution is 2.23. The number of benzene rings is 1. The lowest BCUT2D eigenvalue weighted by molar-refractivity contribution is 0.0729. The summed E-state index contributed by atoms with van der Waals surface area (Å²) in [4.78, 5) is 23.8. The number of halogens is 1. The van der Waals surface area contributed by atoms with E-state index in [4.69, 9.17) is 9.40 Å². The number of furan rings is 1. The maximum absolute atomic E-state index is 13.2. The monoisotopic (exact) mass is 365 g/mol. The van der Waals surface area contributed by atoms with Gasteiger partial charge in [0.1, 0.15) is 11.6 Å². The highest BCUT2D eigenvalue weighted by molar-refractivity contribution is 5.91. The van der Waals surface area contributed by atoms with Crippen molar-refractivity contribution in [1.82, 2.24) is 14.9 Å². The summed E-state index contributed by atoms with van der Waals surface area (Å²) in [5.74, 6) is 1.30. The first-order valence-corrected chi connectivity index (χ1v) is 8.99. The number of fused-ring (bicyclic) bond motifs is 1. The second kappa shape index (κ2) is 6.95. The van der Waals surface area contributed by atoms with Gasteiger partial charge < -0.3 is 9.32 Å². The van der Waals surface area contributed by atoms with Crippen molar-refractivity contribution in [2.45, 2.75) is 26.7 Å². The number of hydrogen-bond acceptors (Lipinski definition) is 4. The Bertz CT molecular complexity index is 995. The molecule has 3 heterocycles. The van der Waals surface area contributed by atoms with Gasteiger partial charge in [0.05, 0.1) is 0 Å². The normalized spacial score (nSPS) is 14.0. The van der Waals surface area contributed by atoms with Crippen LogP contribution in [0.1, 0.15) is 33.3 Å². The summed E-state index contributed by atoms with van der Waals surface area (Å²) in [6, 6.07) is 9.69. The standard InChI is InChI=1S/C21H20FN3O2/c1-13-3-8-19(27-13)21(26)25-11-9-17-14(2)23-20(24-18(17)10-12-25)15-4-6-16(22)7-5-15/h3-8H,9-12H2,1-2H3. The number of aryl methyl sites for hydroxylation is 2. The van der Waals surface area contributed by atoms with Crippen LogP contribution in [0.25, 0.3) is 11.4 Å². The molecular formula is C21H20FN3O2. The van der Waals surface area contributed by atoms with E-state index in [-0.39, 0.29) is 11.7 Å². The lowest BCUT2D eigenvalue weighted by Gasteiger charge is -2.18. The van der Waals surface area contributed by atoms with Crippen LogP contribution >= 0.6 is 0 Å². The quantitative estimate of drug-likeness (QED) is 0.694. The maximum atomic E-state index is 13.2. The molecule has 0 spiro atoms. The van der Waals surface area contributed by atoms with Crippen molar-refractivity contribution in [1.29, 1.82) is 0 Å². The lowest BCUT2D eigenvalue weighted by Crippen LogP contribution is -2.33. The Balaban J connectivity index is 1.59. The van der Waals surface area contributed by atoms with Gasteiger partial charge in [-0.2, -0.15) is 0 Å². The molecule has 1 amide bonds. The SMILES string of the molecule is Cc1ccc(C(=O)N2CCc3nc(-c4ccc(F)cc4)nc(C)c3CC2)o1. The second-order valence-corrected chi connectivity index (χ2v) is 6.77. The molecule has 1 aliphatic heterocycles. The summed E-state index contributed by atoms with van der Waals surface area (Å²) in [6.45, 7) is 4.96. The van der Waals surface area contributed by atoms with Crippen LogP contribution in [-0.2, 0) is 12.8 Å². The van der Waals surface area contributed by atoms with E-state index in [1.807, 2.05) is 13.8 Å². The van der Waals surface area contributed by atoms with Gasteiger partial charge >= 0.3 is 0 Å². The minimum Gasteiger partial charge on any atom is -0.456 e. The summed E-state index contributed by atoms with van der Waals surface area (Å²) >= 11 is 0. The van der Waals surface area contributed by atoms with Gasteiger partial charge in [0.15, 0.2) is 11.6 Å². The predicted octanol–water partition coefficient (Wildman–Crippen LogP) is 3.73. The van der Waals surface area contributed by atoms with Crippen molar-refractivity contribution in [3.8, 4) is 11.4 Å². The third-order valence-corrected chi connectivity index (χ3v) is 4.89. The molecule has 1 aromatic carbocycles. The van der Waals surface area contributed by atoms with Crippen molar-refractivity contribution in [2.24, 2.45) is 0 Å². The fourth-order valence-corrected chi connectivity index (χ4v) is 3.42. The van der Waals surface area contributed by atoms with Crippen LogP contribution in [0.2, 0.25) is 0 Å². The Morgan fingerprint density at radius 3 is 2.48 bits per heavy atom. The Morgan fingerprint density at radius 1 is 1.04 bits per heavy atom. The highest BCUT2D eigenvalue weighted by atomic mass is 19.1. The fraction of sp³-hybridized carbons (Fsp3) is 0.286. The molecule has 0 saturated heterocycles. The number of rotatable bonds is 2. The number of carbonyl (C=O) groups is 1. The molecule has 2 aromatic heterocycles. The Morgan fingerprint density at radius 2 is 1.78 bits per heavy atom. The molecule has 4 rings (SSSR count). The summed E-state index contributed by atoms with van der Waals surface area (Å²) < 4.78 is 18.7. The van der Waals surface area contributed by atoms with E-state index in [9.17, 15) is 9.18 Å². The van der Waals surface area contributed by atoms with E-state index in [0.717, 1.165) is 28.3 Å². The van der Waals surface area contributed by atoms with Gasteiger partial charge in [0, 0.05) is 36.5 Å². The first-order chi connectivity index (χ1) is 13.0. The molecule has 0 aliphatic carbocycles. The number of amides is 1. The Labute approximate surface area is 156 Å². The first kappa shape index (κ1) is 17.4. The van der Waals surface area contributed by atoms with E-state index in [1.54, 1.807) is 29.2 Å². The molecule has 0 bridgehead atoms. The molecule has 138 valence electrons. The molecule has 0 saturated carbocycles. The number of hydrogen-bond donors (Lipinski definition) is 0. The zero-order valence-corrected chi connectivity index (χ0v) is 15.3. The second-order valence-electron chi connectivity index (χ2n) is 6.77. The van der Waals surface area contributed by atoms with E-state index in [1.165, 1.54) is 12.1 Å².